The number of fused-ring (bicyclic) bond motifs is 1. The SMILES string of the molecule is O=C(S)SC1(O)Cc2c(Cl)c(O)c(Cl)c(Cl)c2O1. The maximum absolute atomic E-state index is 10.9. The highest BCUT2D eigenvalue weighted by Gasteiger charge is 2.43. The molecular formula is C9H5Cl3O4S2. The van der Waals surface area contributed by atoms with E-state index in [1.165, 1.54) is 0 Å². The van der Waals surface area contributed by atoms with Gasteiger partial charge in [0.25, 0.3) is 5.12 Å². The van der Waals surface area contributed by atoms with E-state index in [2.05, 4.69) is 12.6 Å². The molecule has 98 valence electrons. The summed E-state index contributed by atoms with van der Waals surface area (Å²) in [5.74, 6) is -0.341. The Morgan fingerprint density at radius 1 is 1.33 bits per heavy atom. The van der Waals surface area contributed by atoms with Crippen molar-refractivity contribution in [2.75, 3.05) is 0 Å². The summed E-state index contributed by atoms with van der Waals surface area (Å²) >= 11 is 21.5. The Morgan fingerprint density at radius 3 is 2.50 bits per heavy atom. The smallest absolute Gasteiger partial charge is 0.270 e. The number of phenolic OH excluding ortho intramolecular Hbond substituents is 1. The molecule has 0 spiro atoms. The lowest BCUT2D eigenvalue weighted by molar-refractivity contribution is -0.0332. The van der Waals surface area contributed by atoms with Gasteiger partial charge in [0.15, 0.2) is 5.75 Å². The third-order valence-electron chi connectivity index (χ3n) is 2.26. The number of hydrogen-bond acceptors (Lipinski definition) is 5. The van der Waals surface area contributed by atoms with Crippen LogP contribution in [0.3, 0.4) is 0 Å². The fourth-order valence-corrected chi connectivity index (χ4v) is 3.31. The van der Waals surface area contributed by atoms with E-state index in [9.17, 15) is 15.0 Å². The zero-order valence-corrected chi connectivity index (χ0v) is 12.4. The average molecular weight is 348 g/mol. The molecule has 1 aliphatic heterocycles. The van der Waals surface area contributed by atoms with Gasteiger partial charge in [0.2, 0.25) is 4.45 Å². The molecule has 0 radical (unpaired) electrons. The van der Waals surface area contributed by atoms with Gasteiger partial charge in [-0.25, -0.2) is 0 Å². The van der Waals surface area contributed by atoms with Gasteiger partial charge in [-0.3, -0.25) is 4.79 Å². The summed E-state index contributed by atoms with van der Waals surface area (Å²) in [7, 11) is 0. The minimum Gasteiger partial charge on any atom is -0.505 e. The van der Waals surface area contributed by atoms with E-state index in [0.717, 1.165) is 0 Å². The largest absolute Gasteiger partial charge is 0.505 e. The number of ether oxygens (including phenoxy) is 1. The molecule has 1 aliphatic rings. The van der Waals surface area contributed by atoms with Gasteiger partial charge in [0.1, 0.15) is 15.8 Å². The number of carbonyl (C=O) groups is 1. The van der Waals surface area contributed by atoms with Gasteiger partial charge < -0.3 is 14.9 Å². The van der Waals surface area contributed by atoms with Gasteiger partial charge in [-0.1, -0.05) is 47.4 Å². The first-order valence-corrected chi connectivity index (χ1v) is 6.86. The van der Waals surface area contributed by atoms with Crippen molar-refractivity contribution in [3.05, 3.63) is 20.6 Å². The molecule has 0 fully saturated rings. The third kappa shape index (κ3) is 2.37. The Hall–Kier alpha value is 0.0200. The van der Waals surface area contributed by atoms with Crippen molar-refractivity contribution in [1.82, 2.24) is 0 Å². The summed E-state index contributed by atoms with van der Waals surface area (Å²) in [5.41, 5.74) is 0.285. The number of benzene rings is 1. The maximum Gasteiger partial charge on any atom is 0.270 e. The van der Waals surface area contributed by atoms with Crippen molar-refractivity contribution in [2.24, 2.45) is 0 Å². The molecule has 0 aliphatic carbocycles. The fourth-order valence-electron chi connectivity index (χ4n) is 1.55. The van der Waals surface area contributed by atoms with Crippen LogP contribution in [0.15, 0.2) is 0 Å². The number of rotatable bonds is 1. The molecule has 18 heavy (non-hydrogen) atoms. The molecule has 4 nitrogen and oxygen atoms in total. The minimum atomic E-state index is -1.86. The Bertz CT molecular complexity index is 512. The summed E-state index contributed by atoms with van der Waals surface area (Å²) in [6.45, 7) is 0. The summed E-state index contributed by atoms with van der Waals surface area (Å²) in [6.07, 6.45) is -0.122. The van der Waals surface area contributed by atoms with E-state index >= 15 is 0 Å². The number of halogens is 3. The number of thioether (sulfide) groups is 1. The van der Waals surface area contributed by atoms with Gasteiger partial charge in [-0.05, 0) is 0 Å². The van der Waals surface area contributed by atoms with Crippen LogP contribution in [-0.2, 0) is 6.42 Å². The van der Waals surface area contributed by atoms with E-state index in [1.54, 1.807) is 0 Å². The molecule has 1 aromatic rings. The number of hydrogen-bond donors (Lipinski definition) is 3. The van der Waals surface area contributed by atoms with Gasteiger partial charge in [-0.2, -0.15) is 0 Å². The van der Waals surface area contributed by atoms with Crippen molar-refractivity contribution in [3.63, 3.8) is 0 Å². The number of aromatic hydroxyl groups is 1. The first-order valence-electron chi connectivity index (χ1n) is 4.47. The van der Waals surface area contributed by atoms with Crippen LogP contribution < -0.4 is 4.74 Å². The van der Waals surface area contributed by atoms with Crippen LogP contribution in [0.25, 0.3) is 0 Å². The molecule has 1 aromatic carbocycles. The van der Waals surface area contributed by atoms with Crippen LogP contribution in [-0.4, -0.2) is 19.8 Å². The van der Waals surface area contributed by atoms with E-state index < -0.39 is 15.3 Å². The van der Waals surface area contributed by atoms with Crippen LogP contribution in [0.4, 0.5) is 4.79 Å². The number of aliphatic hydroxyl groups is 1. The molecule has 1 atom stereocenters. The van der Waals surface area contributed by atoms with Crippen molar-refractivity contribution >= 4 is 63.6 Å². The standard InChI is InChI=1S/C9H5Cl3O4S2/c10-3-2-1-9(15,18-8(14)17)16-7(2)5(12)4(11)6(3)13/h13,15H,1H2,(H,14,17). The molecule has 0 amide bonds. The molecule has 0 aromatic heterocycles. The second-order valence-corrected chi connectivity index (χ2v) is 6.51. The fraction of sp³-hybridized carbons (Fsp3) is 0.222. The van der Waals surface area contributed by atoms with E-state index in [-0.39, 0.29) is 32.8 Å². The summed E-state index contributed by atoms with van der Waals surface area (Å²) in [4.78, 5) is 10.9. The first-order chi connectivity index (χ1) is 8.25. The lowest BCUT2D eigenvalue weighted by atomic mass is 10.1. The Kier molecular flexibility index (Phi) is 3.89. The Balaban J connectivity index is 2.50. The predicted octanol–water partition coefficient (Wildman–Crippen LogP) is 3.72. The van der Waals surface area contributed by atoms with E-state index in [4.69, 9.17) is 39.5 Å². The van der Waals surface area contributed by atoms with Gasteiger partial charge in [0, 0.05) is 17.3 Å². The lowest BCUT2D eigenvalue weighted by Gasteiger charge is -2.19. The van der Waals surface area contributed by atoms with Crippen molar-refractivity contribution in [2.45, 2.75) is 11.5 Å². The van der Waals surface area contributed by atoms with Crippen LogP contribution in [0.5, 0.6) is 11.5 Å². The van der Waals surface area contributed by atoms with Crippen molar-refractivity contribution in [3.8, 4) is 11.5 Å². The van der Waals surface area contributed by atoms with Crippen LogP contribution in [0, 0.1) is 0 Å². The molecule has 2 rings (SSSR count). The summed E-state index contributed by atoms with van der Waals surface area (Å²) in [6, 6.07) is 0. The van der Waals surface area contributed by atoms with E-state index in [1.807, 2.05) is 0 Å². The number of thiol groups is 1. The number of carbonyl (C=O) groups excluding carboxylic acids is 1. The monoisotopic (exact) mass is 346 g/mol. The Labute approximate surface area is 127 Å². The third-order valence-corrected chi connectivity index (χ3v) is 4.48. The molecule has 0 saturated carbocycles. The molecular weight excluding hydrogens is 343 g/mol. The minimum absolute atomic E-state index is 0.0500. The van der Waals surface area contributed by atoms with Crippen molar-refractivity contribution < 1.29 is 19.7 Å². The molecule has 0 bridgehead atoms. The van der Waals surface area contributed by atoms with E-state index in [0.29, 0.717) is 11.8 Å². The number of phenols is 1. The maximum atomic E-state index is 10.9. The van der Waals surface area contributed by atoms with Gasteiger partial charge in [-0.15, -0.1) is 0 Å². The van der Waals surface area contributed by atoms with Crippen LogP contribution >= 0.6 is 59.2 Å². The van der Waals surface area contributed by atoms with Gasteiger partial charge in [0.05, 0.1) is 11.4 Å². The summed E-state index contributed by atoms with van der Waals surface area (Å²) in [5, 5.41) is 17.5. The highest BCUT2D eigenvalue weighted by Crippen LogP contribution is 2.53. The van der Waals surface area contributed by atoms with Crippen LogP contribution in [0.2, 0.25) is 15.1 Å². The highest BCUT2D eigenvalue weighted by molar-refractivity contribution is 8.32. The zero-order chi connectivity index (χ0) is 13.7. The summed E-state index contributed by atoms with van der Waals surface area (Å²) < 4.78 is 4.56. The first kappa shape index (κ1) is 14.4. The van der Waals surface area contributed by atoms with Gasteiger partial charge >= 0.3 is 0 Å². The second-order valence-electron chi connectivity index (χ2n) is 3.46. The quantitative estimate of drug-likeness (QED) is 0.410. The molecule has 1 heterocycles. The average Bonchev–Trinajstić information content (AvgIpc) is 2.60. The van der Waals surface area contributed by atoms with Crippen molar-refractivity contribution in [1.29, 1.82) is 0 Å². The molecule has 9 heteroatoms. The molecule has 1 unspecified atom stereocenters. The van der Waals surface area contributed by atoms with Crippen LogP contribution in [0.1, 0.15) is 5.56 Å². The Morgan fingerprint density at radius 2 is 1.94 bits per heavy atom. The molecule has 0 saturated heterocycles. The normalized spacial score (nSPS) is 21.6. The highest BCUT2D eigenvalue weighted by atomic mass is 35.5. The lowest BCUT2D eigenvalue weighted by Crippen LogP contribution is -2.30. The second kappa shape index (κ2) is 4.85. The molecule has 2 N–H and O–H groups in total. The zero-order valence-electron chi connectivity index (χ0n) is 8.41. The predicted molar refractivity (Wildman–Crippen MR) is 74.4 cm³/mol. The topological polar surface area (TPSA) is 66.8 Å².